The lowest BCUT2D eigenvalue weighted by Crippen LogP contribution is -2.23. The first-order valence-electron chi connectivity index (χ1n) is 9.37. The highest BCUT2D eigenvalue weighted by Gasteiger charge is 2.33. The first kappa shape index (κ1) is 18.0. The van der Waals surface area contributed by atoms with Gasteiger partial charge in [0.15, 0.2) is 0 Å². The van der Waals surface area contributed by atoms with E-state index >= 15 is 0 Å². The molecule has 0 aromatic carbocycles. The largest absolute Gasteiger partial charge is 0.317 e. The summed E-state index contributed by atoms with van der Waals surface area (Å²) in [4.78, 5) is 0. The van der Waals surface area contributed by atoms with E-state index < -0.39 is 0 Å². The Morgan fingerprint density at radius 3 is 1.95 bits per heavy atom. The van der Waals surface area contributed by atoms with Gasteiger partial charge in [-0.1, -0.05) is 78.1 Å². The van der Waals surface area contributed by atoms with Gasteiger partial charge in [-0.05, 0) is 38.1 Å². The van der Waals surface area contributed by atoms with Crippen molar-refractivity contribution in [2.45, 2.75) is 110 Å². The summed E-state index contributed by atoms with van der Waals surface area (Å²) < 4.78 is 0. The summed E-state index contributed by atoms with van der Waals surface area (Å²) in [6.07, 6.45) is 20.3. The zero-order chi connectivity index (χ0) is 14.7. The SMILES string of the molecule is CCCCCCCCCCCCC1(C)CCC(NC)C1. The van der Waals surface area contributed by atoms with Gasteiger partial charge in [-0.25, -0.2) is 0 Å². The Bertz CT molecular complexity index is 226. The van der Waals surface area contributed by atoms with Crippen LogP contribution < -0.4 is 5.32 Å². The lowest BCUT2D eigenvalue weighted by molar-refractivity contribution is 0.286. The molecule has 0 heterocycles. The van der Waals surface area contributed by atoms with Crippen LogP contribution in [0.15, 0.2) is 0 Å². The maximum absolute atomic E-state index is 3.46. The number of nitrogens with one attached hydrogen (secondary N) is 1. The van der Waals surface area contributed by atoms with Gasteiger partial charge in [-0.2, -0.15) is 0 Å². The molecule has 0 aromatic heterocycles. The molecular formula is C19H39N. The summed E-state index contributed by atoms with van der Waals surface area (Å²) in [5.41, 5.74) is 0.647. The molecule has 0 spiro atoms. The molecule has 0 radical (unpaired) electrons. The summed E-state index contributed by atoms with van der Waals surface area (Å²) in [6, 6.07) is 0.795. The number of unbranched alkanes of at least 4 members (excludes halogenated alkanes) is 9. The van der Waals surface area contributed by atoms with E-state index in [9.17, 15) is 0 Å². The smallest absolute Gasteiger partial charge is 0.00694 e. The van der Waals surface area contributed by atoms with E-state index in [2.05, 4.69) is 26.2 Å². The number of hydrogen-bond acceptors (Lipinski definition) is 1. The maximum Gasteiger partial charge on any atom is 0.00694 e. The van der Waals surface area contributed by atoms with Crippen molar-refractivity contribution in [3.63, 3.8) is 0 Å². The fraction of sp³-hybridized carbons (Fsp3) is 1.00. The van der Waals surface area contributed by atoms with Gasteiger partial charge in [-0.15, -0.1) is 0 Å². The Balaban J connectivity index is 1.87. The second-order valence-electron chi connectivity index (χ2n) is 7.47. The molecule has 1 heteroatoms. The van der Waals surface area contributed by atoms with Crippen LogP contribution in [-0.2, 0) is 0 Å². The van der Waals surface area contributed by atoms with Gasteiger partial charge >= 0.3 is 0 Å². The van der Waals surface area contributed by atoms with Crippen LogP contribution in [0.3, 0.4) is 0 Å². The first-order chi connectivity index (χ1) is 9.70. The van der Waals surface area contributed by atoms with E-state index in [1.54, 1.807) is 0 Å². The van der Waals surface area contributed by atoms with Gasteiger partial charge in [0.2, 0.25) is 0 Å². The molecule has 2 unspecified atom stereocenters. The third-order valence-electron chi connectivity index (χ3n) is 5.38. The van der Waals surface area contributed by atoms with Gasteiger partial charge in [0, 0.05) is 6.04 Å². The quantitative estimate of drug-likeness (QED) is 0.428. The van der Waals surface area contributed by atoms with Crippen molar-refractivity contribution in [3.05, 3.63) is 0 Å². The number of rotatable bonds is 12. The van der Waals surface area contributed by atoms with E-state index in [0.29, 0.717) is 5.41 Å². The van der Waals surface area contributed by atoms with E-state index in [1.165, 1.54) is 89.9 Å². The molecule has 0 amide bonds. The predicted molar refractivity (Wildman–Crippen MR) is 91.3 cm³/mol. The number of hydrogen-bond donors (Lipinski definition) is 1. The Labute approximate surface area is 128 Å². The van der Waals surface area contributed by atoms with E-state index in [0.717, 1.165) is 6.04 Å². The normalized spacial score (nSPS) is 26.2. The molecule has 20 heavy (non-hydrogen) atoms. The molecular weight excluding hydrogens is 242 g/mol. The predicted octanol–water partition coefficient (Wildman–Crippen LogP) is 6.08. The molecule has 0 bridgehead atoms. The molecule has 0 aliphatic heterocycles. The fourth-order valence-corrected chi connectivity index (χ4v) is 3.83. The molecule has 1 N–H and O–H groups in total. The monoisotopic (exact) mass is 281 g/mol. The van der Waals surface area contributed by atoms with Crippen molar-refractivity contribution in [1.82, 2.24) is 5.32 Å². The van der Waals surface area contributed by atoms with Crippen LogP contribution in [0.4, 0.5) is 0 Å². The minimum Gasteiger partial charge on any atom is -0.317 e. The summed E-state index contributed by atoms with van der Waals surface area (Å²) in [5.74, 6) is 0. The molecule has 1 aliphatic rings. The topological polar surface area (TPSA) is 12.0 Å². The van der Waals surface area contributed by atoms with Crippen LogP contribution in [0, 0.1) is 5.41 Å². The molecule has 1 saturated carbocycles. The molecule has 1 nitrogen and oxygen atoms in total. The summed E-state index contributed by atoms with van der Waals surface area (Å²) in [5, 5.41) is 3.46. The average molecular weight is 282 g/mol. The van der Waals surface area contributed by atoms with Gasteiger partial charge in [-0.3, -0.25) is 0 Å². The summed E-state index contributed by atoms with van der Waals surface area (Å²) >= 11 is 0. The third kappa shape index (κ3) is 7.67. The van der Waals surface area contributed by atoms with Crippen molar-refractivity contribution in [1.29, 1.82) is 0 Å². The molecule has 0 aromatic rings. The van der Waals surface area contributed by atoms with E-state index in [4.69, 9.17) is 0 Å². The highest BCUT2D eigenvalue weighted by atomic mass is 14.9. The van der Waals surface area contributed by atoms with Crippen LogP contribution in [0.1, 0.15) is 104 Å². The van der Waals surface area contributed by atoms with Gasteiger partial charge in [0.25, 0.3) is 0 Å². The molecule has 1 fully saturated rings. The lowest BCUT2D eigenvalue weighted by Gasteiger charge is -2.24. The highest BCUT2D eigenvalue weighted by molar-refractivity contribution is 4.88. The van der Waals surface area contributed by atoms with Gasteiger partial charge in [0.1, 0.15) is 0 Å². The average Bonchev–Trinajstić information content (AvgIpc) is 2.83. The van der Waals surface area contributed by atoms with Crippen LogP contribution in [0.2, 0.25) is 0 Å². The maximum atomic E-state index is 3.46. The Hall–Kier alpha value is -0.0400. The van der Waals surface area contributed by atoms with Crippen molar-refractivity contribution in [2.24, 2.45) is 5.41 Å². The van der Waals surface area contributed by atoms with Gasteiger partial charge < -0.3 is 5.32 Å². The Morgan fingerprint density at radius 1 is 0.900 bits per heavy atom. The molecule has 1 rings (SSSR count). The third-order valence-corrected chi connectivity index (χ3v) is 5.38. The standard InChI is InChI=1S/C19H39N/c1-4-5-6-7-8-9-10-11-12-13-15-19(2)16-14-18(17-19)20-3/h18,20H,4-17H2,1-3H3. The molecule has 0 saturated heterocycles. The van der Waals surface area contributed by atoms with E-state index in [-0.39, 0.29) is 0 Å². The first-order valence-corrected chi connectivity index (χ1v) is 9.37. The lowest BCUT2D eigenvalue weighted by atomic mass is 9.83. The van der Waals surface area contributed by atoms with Crippen LogP contribution >= 0.6 is 0 Å². The van der Waals surface area contributed by atoms with Crippen molar-refractivity contribution < 1.29 is 0 Å². The molecule has 120 valence electrons. The molecule has 2 atom stereocenters. The minimum absolute atomic E-state index is 0.647. The van der Waals surface area contributed by atoms with Crippen molar-refractivity contribution >= 4 is 0 Å². The zero-order valence-electron chi connectivity index (χ0n) is 14.5. The Morgan fingerprint density at radius 2 is 1.45 bits per heavy atom. The second kappa shape index (κ2) is 10.7. The second-order valence-corrected chi connectivity index (χ2v) is 7.47. The Kier molecular flexibility index (Phi) is 9.59. The van der Waals surface area contributed by atoms with Crippen molar-refractivity contribution in [2.75, 3.05) is 7.05 Å². The van der Waals surface area contributed by atoms with Crippen LogP contribution in [-0.4, -0.2) is 13.1 Å². The highest BCUT2D eigenvalue weighted by Crippen LogP contribution is 2.41. The summed E-state index contributed by atoms with van der Waals surface area (Å²) in [7, 11) is 2.12. The molecule has 1 aliphatic carbocycles. The van der Waals surface area contributed by atoms with Crippen molar-refractivity contribution in [3.8, 4) is 0 Å². The van der Waals surface area contributed by atoms with Gasteiger partial charge in [0.05, 0.1) is 0 Å². The minimum atomic E-state index is 0.647. The zero-order valence-corrected chi connectivity index (χ0v) is 14.5. The van der Waals surface area contributed by atoms with Crippen LogP contribution in [0.25, 0.3) is 0 Å². The summed E-state index contributed by atoms with van der Waals surface area (Å²) in [6.45, 7) is 4.81. The van der Waals surface area contributed by atoms with Crippen LogP contribution in [0.5, 0.6) is 0 Å². The fourth-order valence-electron chi connectivity index (χ4n) is 3.83. The van der Waals surface area contributed by atoms with E-state index in [1.807, 2.05) is 0 Å².